The molecule has 1 aromatic heterocycles. The van der Waals surface area contributed by atoms with Crippen LogP contribution in [0.15, 0.2) is 36.4 Å². The Morgan fingerprint density at radius 1 is 1.14 bits per heavy atom. The molecule has 1 amide bonds. The number of piperazine rings is 1. The van der Waals surface area contributed by atoms with E-state index in [-0.39, 0.29) is 24.9 Å². The molecule has 1 atom stereocenters. The van der Waals surface area contributed by atoms with Crippen molar-refractivity contribution in [2.24, 2.45) is 5.92 Å². The average Bonchev–Trinajstić information content (AvgIpc) is 3.40. The molecule has 1 saturated carbocycles. The molecule has 2 aromatic rings. The van der Waals surface area contributed by atoms with Gasteiger partial charge in [0.05, 0.1) is 11.4 Å². The van der Waals surface area contributed by atoms with Gasteiger partial charge in [0.1, 0.15) is 5.60 Å². The van der Waals surface area contributed by atoms with Gasteiger partial charge in [-0.1, -0.05) is 12.1 Å². The van der Waals surface area contributed by atoms with E-state index < -0.39 is 27.7 Å². The Labute approximate surface area is 215 Å². The number of carbonyl (C=O) groups excluding carboxylic acids is 1. The molecule has 0 bridgehead atoms. The van der Waals surface area contributed by atoms with Gasteiger partial charge in [0.2, 0.25) is 0 Å². The van der Waals surface area contributed by atoms with Gasteiger partial charge in [0, 0.05) is 63.4 Å². The molecule has 0 spiro atoms. The minimum atomic E-state index is -3.96. The standard InChI is InChI=1S/C25H31F2N5O4S/c1-24(2,3)36-23(33)31-12-10-30(11-13-31)19-7-5-6-17(14-19)20-8-9-21-22(28-20)29(4)37(34,35)32(21)16-18-15-25(18,26)27/h5-9,14,18H,10-13,15-16H2,1-4H3. The van der Waals surface area contributed by atoms with E-state index in [0.717, 1.165) is 19.9 Å². The van der Waals surface area contributed by atoms with Gasteiger partial charge in [-0.25, -0.2) is 27.2 Å². The summed E-state index contributed by atoms with van der Waals surface area (Å²) in [6, 6.07) is 11.1. The van der Waals surface area contributed by atoms with Gasteiger partial charge in [0.25, 0.3) is 5.92 Å². The van der Waals surface area contributed by atoms with E-state index in [9.17, 15) is 22.0 Å². The second kappa shape index (κ2) is 8.71. The Hall–Kier alpha value is -3.15. The summed E-state index contributed by atoms with van der Waals surface area (Å²) in [6.45, 7) is 7.62. The molecule has 3 aliphatic rings. The third-order valence-electron chi connectivity index (χ3n) is 6.83. The lowest BCUT2D eigenvalue weighted by Gasteiger charge is -2.36. The van der Waals surface area contributed by atoms with Crippen LogP contribution >= 0.6 is 0 Å². The zero-order valence-corrected chi connectivity index (χ0v) is 22.1. The average molecular weight is 536 g/mol. The van der Waals surface area contributed by atoms with E-state index in [1.807, 2.05) is 45.0 Å². The number of benzene rings is 1. The first-order valence-electron chi connectivity index (χ1n) is 12.2. The number of nitrogens with zero attached hydrogens (tertiary/aromatic N) is 5. The van der Waals surface area contributed by atoms with Crippen molar-refractivity contribution in [3.63, 3.8) is 0 Å². The number of amides is 1. The van der Waals surface area contributed by atoms with E-state index in [1.165, 1.54) is 7.05 Å². The largest absolute Gasteiger partial charge is 0.444 e. The lowest BCUT2D eigenvalue weighted by molar-refractivity contribution is 0.0240. The van der Waals surface area contributed by atoms with Crippen molar-refractivity contribution >= 4 is 33.5 Å². The maximum atomic E-state index is 13.5. The molecule has 1 saturated heterocycles. The van der Waals surface area contributed by atoms with Crippen molar-refractivity contribution in [3.05, 3.63) is 36.4 Å². The summed E-state index contributed by atoms with van der Waals surface area (Å²) in [7, 11) is -2.57. The first kappa shape index (κ1) is 25.5. The number of rotatable bonds is 4. The van der Waals surface area contributed by atoms with Crippen LogP contribution in [0.4, 0.5) is 30.8 Å². The molecule has 200 valence electrons. The summed E-state index contributed by atoms with van der Waals surface area (Å²) in [5.74, 6) is -3.57. The van der Waals surface area contributed by atoms with Crippen LogP contribution in [0.25, 0.3) is 11.3 Å². The minimum Gasteiger partial charge on any atom is -0.444 e. The molecular formula is C25H31F2N5O4S. The van der Waals surface area contributed by atoms with Crippen molar-refractivity contribution in [1.82, 2.24) is 9.88 Å². The highest BCUT2D eigenvalue weighted by Crippen LogP contribution is 2.51. The molecule has 37 heavy (non-hydrogen) atoms. The number of fused-ring (bicyclic) bond motifs is 1. The van der Waals surface area contributed by atoms with Crippen LogP contribution in [-0.4, -0.2) is 75.7 Å². The fraction of sp³-hybridized carbons (Fsp3) is 0.520. The van der Waals surface area contributed by atoms with E-state index in [2.05, 4.69) is 9.88 Å². The highest BCUT2D eigenvalue weighted by molar-refractivity contribution is 7.94. The van der Waals surface area contributed by atoms with Gasteiger partial charge in [-0.3, -0.25) is 0 Å². The van der Waals surface area contributed by atoms with Gasteiger partial charge in [-0.05, 0) is 45.0 Å². The van der Waals surface area contributed by atoms with E-state index >= 15 is 0 Å². The van der Waals surface area contributed by atoms with Crippen LogP contribution in [0.2, 0.25) is 0 Å². The summed E-state index contributed by atoms with van der Waals surface area (Å²) in [5, 5.41) is 0. The lowest BCUT2D eigenvalue weighted by Crippen LogP contribution is -2.50. The summed E-state index contributed by atoms with van der Waals surface area (Å²) in [6.07, 6.45) is -0.621. The molecule has 0 radical (unpaired) electrons. The quantitative estimate of drug-likeness (QED) is 0.589. The zero-order valence-electron chi connectivity index (χ0n) is 21.3. The van der Waals surface area contributed by atoms with E-state index in [0.29, 0.717) is 37.6 Å². The lowest BCUT2D eigenvalue weighted by atomic mass is 10.1. The molecule has 3 heterocycles. The van der Waals surface area contributed by atoms with Gasteiger partial charge in [0.15, 0.2) is 5.82 Å². The van der Waals surface area contributed by atoms with Gasteiger partial charge >= 0.3 is 16.3 Å². The number of pyridine rings is 1. The second-order valence-corrected chi connectivity index (χ2v) is 12.6. The van der Waals surface area contributed by atoms with Crippen molar-refractivity contribution < 1.29 is 26.7 Å². The van der Waals surface area contributed by atoms with Crippen LogP contribution < -0.4 is 13.5 Å². The summed E-state index contributed by atoms with van der Waals surface area (Å²) >= 11 is 0. The normalized spacial score (nSPS) is 22.2. The minimum absolute atomic E-state index is 0.220. The predicted octanol–water partition coefficient (Wildman–Crippen LogP) is 3.96. The Balaban J connectivity index is 1.32. The number of carbonyl (C=O) groups is 1. The molecule has 12 heteroatoms. The third kappa shape index (κ3) is 4.90. The van der Waals surface area contributed by atoms with Crippen molar-refractivity contribution in [3.8, 4) is 11.3 Å². The fourth-order valence-corrected chi connectivity index (χ4v) is 6.01. The van der Waals surface area contributed by atoms with Crippen molar-refractivity contribution in [1.29, 1.82) is 0 Å². The Bertz CT molecular complexity index is 1320. The van der Waals surface area contributed by atoms with Crippen molar-refractivity contribution in [2.75, 3.05) is 53.3 Å². The highest BCUT2D eigenvalue weighted by atomic mass is 32.2. The Morgan fingerprint density at radius 3 is 2.43 bits per heavy atom. The van der Waals surface area contributed by atoms with Crippen LogP contribution in [0.1, 0.15) is 27.2 Å². The van der Waals surface area contributed by atoms with Crippen LogP contribution in [0, 0.1) is 5.92 Å². The Morgan fingerprint density at radius 2 is 1.81 bits per heavy atom. The molecule has 9 nitrogen and oxygen atoms in total. The van der Waals surface area contributed by atoms with Gasteiger partial charge in [-0.2, -0.15) is 8.42 Å². The molecular weight excluding hydrogens is 504 g/mol. The van der Waals surface area contributed by atoms with Gasteiger partial charge in [-0.15, -0.1) is 0 Å². The number of aromatic nitrogens is 1. The maximum absolute atomic E-state index is 13.5. The number of alkyl halides is 2. The Kier molecular flexibility index (Phi) is 6.00. The number of halogens is 2. The molecule has 1 aromatic carbocycles. The number of ether oxygens (including phenoxy) is 1. The fourth-order valence-electron chi connectivity index (χ4n) is 4.61. The number of hydrogen-bond donors (Lipinski definition) is 0. The van der Waals surface area contributed by atoms with Crippen LogP contribution in [0.3, 0.4) is 0 Å². The van der Waals surface area contributed by atoms with E-state index in [4.69, 9.17) is 4.74 Å². The third-order valence-corrected chi connectivity index (χ3v) is 8.59. The molecule has 1 aliphatic carbocycles. The first-order chi connectivity index (χ1) is 17.3. The number of anilines is 3. The highest BCUT2D eigenvalue weighted by Gasteiger charge is 2.59. The summed E-state index contributed by atoms with van der Waals surface area (Å²) in [4.78, 5) is 20.8. The molecule has 2 aliphatic heterocycles. The topological polar surface area (TPSA) is 86.3 Å². The van der Waals surface area contributed by atoms with Crippen LogP contribution in [-0.2, 0) is 14.9 Å². The van der Waals surface area contributed by atoms with E-state index in [1.54, 1.807) is 17.0 Å². The molecule has 0 N–H and O–H groups in total. The summed E-state index contributed by atoms with van der Waals surface area (Å²) in [5.41, 5.74) is 2.10. The SMILES string of the molecule is CN1c2nc(-c3cccc(N4CCN(C(=O)OC(C)(C)C)CC4)c3)ccc2N(CC2CC2(F)F)S1(=O)=O. The predicted molar refractivity (Wildman–Crippen MR) is 137 cm³/mol. The maximum Gasteiger partial charge on any atom is 0.410 e. The monoisotopic (exact) mass is 535 g/mol. The van der Waals surface area contributed by atoms with Gasteiger partial charge < -0.3 is 14.5 Å². The molecule has 5 rings (SSSR count). The smallest absolute Gasteiger partial charge is 0.410 e. The zero-order chi connectivity index (χ0) is 26.8. The first-order valence-corrected chi connectivity index (χ1v) is 13.6. The van der Waals surface area contributed by atoms with Crippen molar-refractivity contribution in [2.45, 2.75) is 38.7 Å². The second-order valence-electron chi connectivity index (χ2n) is 10.7. The van der Waals surface area contributed by atoms with Crippen LogP contribution in [0.5, 0.6) is 0 Å². The molecule has 2 fully saturated rings. The number of hydrogen-bond acceptors (Lipinski definition) is 6. The summed E-state index contributed by atoms with van der Waals surface area (Å²) < 4.78 is 60.4. The molecule has 1 unspecified atom stereocenters.